The molecule has 3 heteroatoms. The summed E-state index contributed by atoms with van der Waals surface area (Å²) >= 11 is 0. The van der Waals surface area contributed by atoms with Crippen molar-refractivity contribution in [2.24, 2.45) is 5.92 Å². The summed E-state index contributed by atoms with van der Waals surface area (Å²) in [7, 11) is 0. The largest absolute Gasteiger partial charge is 0.301 e. The van der Waals surface area contributed by atoms with Gasteiger partial charge in [-0.3, -0.25) is 0 Å². The maximum atomic E-state index is 13.3. The normalized spacial score (nSPS) is 20.5. The third kappa shape index (κ3) is 6.52. The molecule has 1 saturated carbocycles. The molecule has 0 bridgehead atoms. The number of halogens is 3. The van der Waals surface area contributed by atoms with Crippen LogP contribution in [0.1, 0.15) is 88.2 Å². The third-order valence-electron chi connectivity index (χ3n) is 5.54. The van der Waals surface area contributed by atoms with E-state index in [-0.39, 0.29) is 0 Å². The van der Waals surface area contributed by atoms with E-state index in [0.29, 0.717) is 18.8 Å². The molecule has 1 fully saturated rings. The van der Waals surface area contributed by atoms with Gasteiger partial charge in [-0.15, -0.1) is 0 Å². The molecule has 1 aliphatic rings. The first kappa shape index (κ1) is 20.1. The molecule has 140 valence electrons. The number of benzene rings is 1. The lowest BCUT2D eigenvalue weighted by atomic mass is 9.78. The number of aryl methyl sites for hydroxylation is 1. The van der Waals surface area contributed by atoms with Crippen molar-refractivity contribution in [1.29, 1.82) is 0 Å². The summed E-state index contributed by atoms with van der Waals surface area (Å²) in [6.07, 6.45) is 9.48. The molecule has 0 amide bonds. The predicted octanol–water partition coefficient (Wildman–Crippen LogP) is 7.94. The van der Waals surface area contributed by atoms with E-state index in [1.54, 1.807) is 0 Å². The fourth-order valence-electron chi connectivity index (χ4n) is 3.90. The van der Waals surface area contributed by atoms with Crippen LogP contribution in [0.15, 0.2) is 36.2 Å². The van der Waals surface area contributed by atoms with E-state index in [0.717, 1.165) is 19.3 Å². The minimum atomic E-state index is -2.14. The summed E-state index contributed by atoms with van der Waals surface area (Å²) in [6, 6.07) is 8.77. The van der Waals surface area contributed by atoms with Crippen LogP contribution < -0.4 is 0 Å². The first-order valence-electron chi connectivity index (χ1n) is 9.91. The lowest BCUT2D eigenvalue weighted by Crippen LogP contribution is -2.14. The van der Waals surface area contributed by atoms with Crippen LogP contribution in [-0.2, 0) is 6.42 Å². The average Bonchev–Trinajstić information content (AvgIpc) is 2.64. The molecule has 0 nitrogen and oxygen atoms in total. The van der Waals surface area contributed by atoms with Crippen LogP contribution in [0.4, 0.5) is 13.2 Å². The van der Waals surface area contributed by atoms with Crippen LogP contribution in [0, 0.1) is 5.92 Å². The standard InChI is InChI=1S/C22H31F3/c1-2-3-4-5-6-7-8-17-9-11-18(12-10-17)19-13-15-20(16-14-19)21(23)22(24)25/h9-12,19-20H,2-8,13-16H2,1H3. The van der Waals surface area contributed by atoms with Gasteiger partial charge in [-0.25, -0.2) is 4.39 Å². The summed E-state index contributed by atoms with van der Waals surface area (Å²) in [5, 5.41) is 0. The zero-order valence-electron chi connectivity index (χ0n) is 15.4. The van der Waals surface area contributed by atoms with Gasteiger partial charge in [0.2, 0.25) is 0 Å². The molecule has 1 aliphatic carbocycles. The minimum absolute atomic E-state index is 0.384. The van der Waals surface area contributed by atoms with Gasteiger partial charge < -0.3 is 0 Å². The Morgan fingerprint density at radius 1 is 0.840 bits per heavy atom. The maximum absolute atomic E-state index is 13.3. The van der Waals surface area contributed by atoms with Crippen LogP contribution in [0.25, 0.3) is 0 Å². The van der Waals surface area contributed by atoms with E-state index in [2.05, 4.69) is 31.2 Å². The van der Waals surface area contributed by atoms with Crippen LogP contribution in [0.3, 0.4) is 0 Å². The second-order valence-corrected chi connectivity index (χ2v) is 7.42. The SMILES string of the molecule is CCCCCCCCc1ccc(C2CCC(C(F)=C(F)F)CC2)cc1. The van der Waals surface area contributed by atoms with E-state index >= 15 is 0 Å². The zero-order valence-corrected chi connectivity index (χ0v) is 15.4. The van der Waals surface area contributed by atoms with Crippen LogP contribution >= 0.6 is 0 Å². The van der Waals surface area contributed by atoms with E-state index in [9.17, 15) is 13.2 Å². The summed E-state index contributed by atoms with van der Waals surface area (Å²) < 4.78 is 38.1. The predicted molar refractivity (Wildman–Crippen MR) is 98.6 cm³/mol. The van der Waals surface area contributed by atoms with Crippen molar-refractivity contribution in [2.45, 2.75) is 83.5 Å². The van der Waals surface area contributed by atoms with Gasteiger partial charge >= 0.3 is 6.08 Å². The van der Waals surface area contributed by atoms with Crippen LogP contribution in [0.5, 0.6) is 0 Å². The van der Waals surface area contributed by atoms with Gasteiger partial charge in [0.05, 0.1) is 0 Å². The monoisotopic (exact) mass is 352 g/mol. The van der Waals surface area contributed by atoms with E-state index in [1.165, 1.54) is 49.7 Å². The molecule has 25 heavy (non-hydrogen) atoms. The Kier molecular flexibility index (Phi) is 8.57. The molecule has 0 unspecified atom stereocenters. The van der Waals surface area contributed by atoms with Gasteiger partial charge in [0.1, 0.15) is 0 Å². The topological polar surface area (TPSA) is 0 Å². The smallest absolute Gasteiger partial charge is 0.206 e. The number of unbranched alkanes of at least 4 members (excludes halogenated alkanes) is 5. The molecule has 1 aromatic rings. The van der Waals surface area contributed by atoms with Crippen molar-refractivity contribution >= 4 is 0 Å². The van der Waals surface area contributed by atoms with Gasteiger partial charge in [0, 0.05) is 5.92 Å². The highest BCUT2D eigenvalue weighted by atomic mass is 19.3. The van der Waals surface area contributed by atoms with Gasteiger partial charge in [-0.1, -0.05) is 63.3 Å². The van der Waals surface area contributed by atoms with Crippen molar-refractivity contribution < 1.29 is 13.2 Å². The second kappa shape index (κ2) is 10.7. The van der Waals surface area contributed by atoms with E-state index in [1.807, 2.05) is 0 Å². The molecule has 0 N–H and O–H groups in total. The van der Waals surface area contributed by atoms with Crippen molar-refractivity contribution in [1.82, 2.24) is 0 Å². The third-order valence-corrected chi connectivity index (χ3v) is 5.54. The molecule has 0 atom stereocenters. The number of hydrogen-bond donors (Lipinski definition) is 0. The number of rotatable bonds is 9. The van der Waals surface area contributed by atoms with Crippen molar-refractivity contribution in [2.75, 3.05) is 0 Å². The Hall–Kier alpha value is -1.25. The van der Waals surface area contributed by atoms with Crippen LogP contribution in [0.2, 0.25) is 0 Å². The zero-order chi connectivity index (χ0) is 18.1. The molecule has 1 aromatic carbocycles. The molecule has 0 radical (unpaired) electrons. The summed E-state index contributed by atoms with van der Waals surface area (Å²) in [6.45, 7) is 2.24. The molecule has 0 spiro atoms. The summed E-state index contributed by atoms with van der Waals surface area (Å²) in [5.74, 6) is -1.38. The van der Waals surface area contributed by atoms with E-state index in [4.69, 9.17) is 0 Å². The van der Waals surface area contributed by atoms with Gasteiger partial charge in [0.25, 0.3) is 0 Å². The molecule has 0 heterocycles. The average molecular weight is 352 g/mol. The fourth-order valence-corrected chi connectivity index (χ4v) is 3.90. The molecule has 0 aromatic heterocycles. The Balaban J connectivity index is 1.74. The minimum Gasteiger partial charge on any atom is -0.206 e. The van der Waals surface area contributed by atoms with Crippen LogP contribution in [-0.4, -0.2) is 0 Å². The number of allylic oxidation sites excluding steroid dienone is 1. The lowest BCUT2D eigenvalue weighted by Gasteiger charge is -2.27. The van der Waals surface area contributed by atoms with Crippen molar-refractivity contribution in [3.63, 3.8) is 0 Å². The fraction of sp³-hybridized carbons (Fsp3) is 0.636. The summed E-state index contributed by atoms with van der Waals surface area (Å²) in [4.78, 5) is 0. The quantitative estimate of drug-likeness (QED) is 0.396. The van der Waals surface area contributed by atoms with Gasteiger partial charge in [0.15, 0.2) is 5.83 Å². The van der Waals surface area contributed by atoms with Crippen molar-refractivity contribution in [3.05, 3.63) is 47.3 Å². The first-order valence-corrected chi connectivity index (χ1v) is 9.91. The highest BCUT2D eigenvalue weighted by Crippen LogP contribution is 2.40. The van der Waals surface area contributed by atoms with Crippen molar-refractivity contribution in [3.8, 4) is 0 Å². The Bertz CT molecular complexity index is 521. The summed E-state index contributed by atoms with van der Waals surface area (Å²) in [5.41, 5.74) is 2.65. The lowest BCUT2D eigenvalue weighted by molar-refractivity contribution is 0.281. The molecular weight excluding hydrogens is 321 g/mol. The molecule has 2 rings (SSSR count). The Morgan fingerprint density at radius 3 is 2.04 bits per heavy atom. The number of hydrogen-bond acceptors (Lipinski definition) is 0. The Morgan fingerprint density at radius 2 is 1.44 bits per heavy atom. The molecule has 0 aliphatic heterocycles. The highest BCUT2D eigenvalue weighted by Gasteiger charge is 2.27. The highest BCUT2D eigenvalue weighted by molar-refractivity contribution is 5.26. The first-order chi connectivity index (χ1) is 12.1. The van der Waals surface area contributed by atoms with E-state index < -0.39 is 17.8 Å². The molecule has 0 saturated heterocycles. The second-order valence-electron chi connectivity index (χ2n) is 7.42. The van der Waals surface area contributed by atoms with Gasteiger partial charge in [-0.2, -0.15) is 8.78 Å². The van der Waals surface area contributed by atoms with Gasteiger partial charge in [-0.05, 0) is 55.6 Å². The Labute approximate surface area is 150 Å². The maximum Gasteiger partial charge on any atom is 0.301 e. The molecular formula is C22H31F3.